The molecular formula is C22H30N2O3. The molecule has 1 aromatic heterocycles. The van der Waals surface area contributed by atoms with Crippen LogP contribution in [0.25, 0.3) is 10.8 Å². The van der Waals surface area contributed by atoms with Gasteiger partial charge in [0.25, 0.3) is 5.56 Å². The zero-order chi connectivity index (χ0) is 18.6. The van der Waals surface area contributed by atoms with Gasteiger partial charge in [0.05, 0.1) is 12.5 Å². The number of ether oxygens (including phenoxy) is 2. The number of rotatable bonds is 5. The van der Waals surface area contributed by atoms with Gasteiger partial charge >= 0.3 is 0 Å². The van der Waals surface area contributed by atoms with Crippen molar-refractivity contribution in [1.82, 2.24) is 9.88 Å². The largest absolute Gasteiger partial charge is 0.493 e. The number of piperidine rings is 1. The minimum absolute atomic E-state index is 0.103. The summed E-state index contributed by atoms with van der Waals surface area (Å²) in [6.45, 7) is 3.47. The van der Waals surface area contributed by atoms with Crippen LogP contribution in [0.15, 0.2) is 29.2 Å². The Morgan fingerprint density at radius 1 is 1.07 bits per heavy atom. The summed E-state index contributed by atoms with van der Waals surface area (Å²) in [5.41, 5.74) is -0.103. The Hall–Kier alpha value is -2.01. The quantitative estimate of drug-likeness (QED) is 0.866. The third-order valence-electron chi connectivity index (χ3n) is 6.13. The van der Waals surface area contributed by atoms with Crippen LogP contribution in [0.3, 0.4) is 0 Å². The van der Waals surface area contributed by atoms with Gasteiger partial charge in [-0.3, -0.25) is 4.79 Å². The van der Waals surface area contributed by atoms with Crippen LogP contribution in [0, 0.1) is 5.92 Å². The summed E-state index contributed by atoms with van der Waals surface area (Å²) >= 11 is 0. The first-order chi connectivity index (χ1) is 13.2. The summed E-state index contributed by atoms with van der Waals surface area (Å²) in [6.07, 6.45) is 11.0. The number of likely N-dealkylation sites (tertiary alicyclic amines) is 1. The van der Waals surface area contributed by atoms with Crippen molar-refractivity contribution < 1.29 is 9.47 Å². The van der Waals surface area contributed by atoms with E-state index < -0.39 is 0 Å². The summed E-state index contributed by atoms with van der Waals surface area (Å²) in [6, 6.07) is 5.61. The number of fused-ring (bicyclic) bond motifs is 1. The highest BCUT2D eigenvalue weighted by Crippen LogP contribution is 2.33. The number of nitrogens with one attached hydrogen (secondary N) is 1. The van der Waals surface area contributed by atoms with E-state index >= 15 is 0 Å². The zero-order valence-corrected chi connectivity index (χ0v) is 16.2. The predicted molar refractivity (Wildman–Crippen MR) is 108 cm³/mol. The van der Waals surface area contributed by atoms with Gasteiger partial charge in [-0.25, -0.2) is 0 Å². The normalized spacial score (nSPS) is 20.0. The topological polar surface area (TPSA) is 54.6 Å². The van der Waals surface area contributed by atoms with E-state index in [9.17, 15) is 4.79 Å². The molecular weight excluding hydrogens is 340 g/mol. The fraction of sp³-hybridized carbons (Fsp3) is 0.591. The van der Waals surface area contributed by atoms with Crippen molar-refractivity contribution in [3.63, 3.8) is 0 Å². The lowest BCUT2D eigenvalue weighted by Gasteiger charge is -2.35. The third kappa shape index (κ3) is 4.29. The molecule has 27 heavy (non-hydrogen) atoms. The van der Waals surface area contributed by atoms with Crippen molar-refractivity contribution >= 4 is 10.8 Å². The molecule has 1 N–H and O–H groups in total. The molecule has 1 aliphatic carbocycles. The molecule has 0 amide bonds. The minimum Gasteiger partial charge on any atom is -0.493 e. The highest BCUT2D eigenvalue weighted by atomic mass is 16.5. The Morgan fingerprint density at radius 3 is 2.59 bits per heavy atom. The molecule has 146 valence electrons. The maximum Gasteiger partial charge on any atom is 0.255 e. The number of benzene rings is 1. The Morgan fingerprint density at radius 2 is 1.85 bits per heavy atom. The van der Waals surface area contributed by atoms with Gasteiger partial charge in [-0.1, -0.05) is 19.3 Å². The Balaban J connectivity index is 1.39. The molecule has 2 aromatic rings. The van der Waals surface area contributed by atoms with Crippen LogP contribution in [-0.2, 0) is 0 Å². The van der Waals surface area contributed by atoms with Gasteiger partial charge in [-0.2, -0.15) is 0 Å². The monoisotopic (exact) mass is 370 g/mol. The molecule has 0 atom stereocenters. The number of hydrogen-bond donors (Lipinski definition) is 1. The van der Waals surface area contributed by atoms with E-state index in [0.29, 0.717) is 11.1 Å². The van der Waals surface area contributed by atoms with Crippen LogP contribution < -0.4 is 15.0 Å². The Bertz CT molecular complexity index is 818. The summed E-state index contributed by atoms with van der Waals surface area (Å²) in [7, 11) is 1.62. The molecule has 1 saturated carbocycles. The van der Waals surface area contributed by atoms with Crippen molar-refractivity contribution in [2.75, 3.05) is 26.7 Å². The molecule has 4 rings (SSSR count). The van der Waals surface area contributed by atoms with E-state index in [4.69, 9.17) is 9.47 Å². The Kier molecular flexibility index (Phi) is 5.67. The number of methoxy groups -OCH3 is 1. The van der Waals surface area contributed by atoms with Crippen LogP contribution in [0.5, 0.6) is 11.5 Å². The molecule has 1 aromatic carbocycles. The van der Waals surface area contributed by atoms with Gasteiger partial charge in [0.15, 0.2) is 11.5 Å². The second-order valence-corrected chi connectivity index (χ2v) is 8.02. The summed E-state index contributed by atoms with van der Waals surface area (Å²) in [4.78, 5) is 17.3. The smallest absolute Gasteiger partial charge is 0.255 e. The average Bonchev–Trinajstić information content (AvgIpc) is 2.70. The summed E-state index contributed by atoms with van der Waals surface area (Å²) < 4.78 is 11.8. The van der Waals surface area contributed by atoms with Gasteiger partial charge in [0, 0.05) is 25.8 Å². The third-order valence-corrected chi connectivity index (χ3v) is 6.13. The first-order valence-corrected chi connectivity index (χ1v) is 10.3. The van der Waals surface area contributed by atoms with Gasteiger partial charge in [-0.05, 0) is 55.2 Å². The molecule has 1 saturated heterocycles. The van der Waals surface area contributed by atoms with Crippen molar-refractivity contribution in [2.24, 2.45) is 5.92 Å². The van der Waals surface area contributed by atoms with E-state index in [1.165, 1.54) is 38.6 Å². The molecule has 2 heterocycles. The maximum absolute atomic E-state index is 12.0. The first-order valence-electron chi connectivity index (χ1n) is 10.3. The van der Waals surface area contributed by atoms with Crippen molar-refractivity contribution in [3.8, 4) is 11.5 Å². The molecule has 0 radical (unpaired) electrons. The number of aromatic nitrogens is 1. The number of pyridine rings is 1. The molecule has 5 nitrogen and oxygen atoms in total. The standard InChI is InChI=1S/C22H30N2O3/c1-26-20-14-19-17(7-10-23-22(19)25)13-21(20)27-18-8-11-24(12-9-18)15-16-5-3-2-4-6-16/h7,10,13-14,16,18H,2-6,8-9,11-12,15H2,1H3,(H,23,25). The number of H-pyrrole nitrogens is 1. The van der Waals surface area contributed by atoms with E-state index in [-0.39, 0.29) is 11.7 Å². The lowest BCUT2D eigenvalue weighted by atomic mass is 9.88. The molecule has 2 fully saturated rings. The van der Waals surface area contributed by atoms with Crippen LogP contribution in [0.4, 0.5) is 0 Å². The number of aromatic amines is 1. The summed E-state index contributed by atoms with van der Waals surface area (Å²) in [5, 5.41) is 1.51. The van der Waals surface area contributed by atoms with Gasteiger partial charge in [0.1, 0.15) is 6.10 Å². The molecule has 0 spiro atoms. The Labute approximate surface area is 160 Å². The van der Waals surface area contributed by atoms with Crippen molar-refractivity contribution in [2.45, 2.75) is 51.0 Å². The summed E-state index contributed by atoms with van der Waals surface area (Å²) in [5.74, 6) is 2.26. The number of nitrogens with zero attached hydrogens (tertiary/aromatic N) is 1. The van der Waals surface area contributed by atoms with Crippen LogP contribution in [0.2, 0.25) is 0 Å². The molecule has 5 heteroatoms. The highest BCUT2D eigenvalue weighted by Gasteiger charge is 2.24. The average molecular weight is 370 g/mol. The molecule has 2 aliphatic rings. The number of hydrogen-bond acceptors (Lipinski definition) is 4. The lowest BCUT2D eigenvalue weighted by molar-refractivity contribution is 0.0845. The maximum atomic E-state index is 12.0. The molecule has 0 unspecified atom stereocenters. The second-order valence-electron chi connectivity index (χ2n) is 8.02. The minimum atomic E-state index is -0.103. The van der Waals surface area contributed by atoms with E-state index in [1.54, 1.807) is 19.4 Å². The van der Waals surface area contributed by atoms with Crippen molar-refractivity contribution in [1.29, 1.82) is 0 Å². The molecule has 0 bridgehead atoms. The van der Waals surface area contributed by atoms with Crippen molar-refractivity contribution in [3.05, 3.63) is 34.7 Å². The lowest BCUT2D eigenvalue weighted by Crippen LogP contribution is -2.41. The SMILES string of the molecule is COc1cc2c(=O)[nH]ccc2cc1OC1CCN(CC2CCCCC2)CC1. The van der Waals surface area contributed by atoms with E-state index in [1.807, 2.05) is 12.1 Å². The predicted octanol–water partition coefficient (Wildman–Crippen LogP) is 3.96. The van der Waals surface area contributed by atoms with Crippen LogP contribution in [0.1, 0.15) is 44.9 Å². The van der Waals surface area contributed by atoms with Gasteiger partial charge in [-0.15, -0.1) is 0 Å². The fourth-order valence-corrected chi connectivity index (χ4v) is 4.57. The second kappa shape index (κ2) is 8.34. The molecule has 1 aliphatic heterocycles. The van der Waals surface area contributed by atoms with Gasteiger partial charge < -0.3 is 19.4 Å². The highest BCUT2D eigenvalue weighted by molar-refractivity contribution is 5.85. The van der Waals surface area contributed by atoms with E-state index in [0.717, 1.165) is 43.0 Å². The fourth-order valence-electron chi connectivity index (χ4n) is 4.57. The van der Waals surface area contributed by atoms with E-state index in [2.05, 4.69) is 9.88 Å². The van der Waals surface area contributed by atoms with Crippen LogP contribution >= 0.6 is 0 Å². The first kappa shape index (κ1) is 18.4. The van der Waals surface area contributed by atoms with Crippen LogP contribution in [-0.4, -0.2) is 42.7 Å². The zero-order valence-electron chi connectivity index (χ0n) is 16.2. The van der Waals surface area contributed by atoms with Gasteiger partial charge in [0.2, 0.25) is 0 Å².